The van der Waals surface area contributed by atoms with Gasteiger partial charge in [-0.05, 0) is 55.9 Å². The first-order chi connectivity index (χ1) is 9.58. The molecule has 6 heteroatoms. The molecule has 1 aromatic carbocycles. The SMILES string of the molecule is O=S(=O)(NCCCC1CCOCC1)c1ccc(F)cc1. The van der Waals surface area contributed by atoms with Gasteiger partial charge in [0.15, 0.2) is 0 Å². The van der Waals surface area contributed by atoms with E-state index in [-0.39, 0.29) is 4.90 Å². The number of benzene rings is 1. The normalized spacial score (nSPS) is 17.2. The van der Waals surface area contributed by atoms with Gasteiger partial charge < -0.3 is 4.74 Å². The Bertz CT molecular complexity index is 510. The van der Waals surface area contributed by atoms with E-state index in [4.69, 9.17) is 4.74 Å². The van der Waals surface area contributed by atoms with Gasteiger partial charge in [0.25, 0.3) is 0 Å². The molecule has 20 heavy (non-hydrogen) atoms. The van der Waals surface area contributed by atoms with Crippen molar-refractivity contribution in [1.82, 2.24) is 4.72 Å². The average Bonchev–Trinajstić information content (AvgIpc) is 2.45. The van der Waals surface area contributed by atoms with Gasteiger partial charge in [-0.25, -0.2) is 17.5 Å². The van der Waals surface area contributed by atoms with Crippen molar-refractivity contribution >= 4 is 10.0 Å². The lowest BCUT2D eigenvalue weighted by Gasteiger charge is -2.21. The molecule has 1 saturated heterocycles. The molecule has 1 N–H and O–H groups in total. The van der Waals surface area contributed by atoms with Gasteiger partial charge in [-0.15, -0.1) is 0 Å². The molecule has 0 atom stereocenters. The molecule has 0 spiro atoms. The summed E-state index contributed by atoms with van der Waals surface area (Å²) < 4.78 is 44.5. The van der Waals surface area contributed by atoms with Crippen molar-refractivity contribution in [2.24, 2.45) is 5.92 Å². The standard InChI is InChI=1S/C14H20FNO3S/c15-13-3-5-14(6-4-13)20(17,18)16-9-1-2-12-7-10-19-11-8-12/h3-6,12,16H,1-2,7-11H2. The van der Waals surface area contributed by atoms with Crippen molar-refractivity contribution in [2.75, 3.05) is 19.8 Å². The van der Waals surface area contributed by atoms with Gasteiger partial charge in [-0.1, -0.05) is 0 Å². The minimum Gasteiger partial charge on any atom is -0.381 e. The second kappa shape index (κ2) is 7.15. The zero-order chi connectivity index (χ0) is 14.4. The van der Waals surface area contributed by atoms with E-state index < -0.39 is 15.8 Å². The summed E-state index contributed by atoms with van der Waals surface area (Å²) in [4.78, 5) is 0.102. The van der Waals surface area contributed by atoms with Crippen LogP contribution in [0.5, 0.6) is 0 Å². The first-order valence-corrected chi connectivity index (χ1v) is 8.39. The maximum absolute atomic E-state index is 12.8. The van der Waals surface area contributed by atoms with Gasteiger partial charge in [0, 0.05) is 19.8 Å². The predicted octanol–water partition coefficient (Wildman–Crippen LogP) is 2.31. The Morgan fingerprint density at radius 1 is 1.20 bits per heavy atom. The Morgan fingerprint density at radius 2 is 1.85 bits per heavy atom. The molecular weight excluding hydrogens is 281 g/mol. The van der Waals surface area contributed by atoms with Crippen molar-refractivity contribution in [2.45, 2.75) is 30.6 Å². The molecule has 0 aromatic heterocycles. The topological polar surface area (TPSA) is 55.4 Å². The van der Waals surface area contributed by atoms with Crippen molar-refractivity contribution in [3.05, 3.63) is 30.1 Å². The minimum absolute atomic E-state index is 0.102. The van der Waals surface area contributed by atoms with Crippen LogP contribution in [0.3, 0.4) is 0 Å². The number of rotatable bonds is 6. The Labute approximate surface area is 119 Å². The predicted molar refractivity (Wildman–Crippen MR) is 74.4 cm³/mol. The summed E-state index contributed by atoms with van der Waals surface area (Å²) in [7, 11) is -3.52. The molecule has 1 fully saturated rings. The molecule has 0 saturated carbocycles. The first-order valence-electron chi connectivity index (χ1n) is 6.91. The molecular formula is C14H20FNO3S. The molecule has 0 bridgehead atoms. The Kier molecular flexibility index (Phi) is 5.51. The molecule has 0 aliphatic carbocycles. The number of sulfonamides is 1. The van der Waals surface area contributed by atoms with Crippen molar-refractivity contribution in [3.8, 4) is 0 Å². The van der Waals surface area contributed by atoms with Crippen LogP contribution in [-0.2, 0) is 14.8 Å². The van der Waals surface area contributed by atoms with Crippen LogP contribution in [0.15, 0.2) is 29.2 Å². The van der Waals surface area contributed by atoms with Crippen molar-refractivity contribution in [3.63, 3.8) is 0 Å². The summed E-state index contributed by atoms with van der Waals surface area (Å²) in [6.07, 6.45) is 3.94. The van der Waals surface area contributed by atoms with E-state index in [2.05, 4.69) is 4.72 Å². The Balaban J connectivity index is 1.76. The first kappa shape index (κ1) is 15.4. The van der Waals surface area contributed by atoms with E-state index in [1.165, 1.54) is 12.1 Å². The highest BCUT2D eigenvalue weighted by Crippen LogP contribution is 2.19. The molecule has 1 heterocycles. The lowest BCUT2D eigenvalue weighted by Crippen LogP contribution is -2.25. The van der Waals surface area contributed by atoms with Crippen LogP contribution in [0.2, 0.25) is 0 Å². The molecule has 112 valence electrons. The third kappa shape index (κ3) is 4.54. The van der Waals surface area contributed by atoms with E-state index in [0.717, 1.165) is 51.0 Å². The fraction of sp³-hybridized carbons (Fsp3) is 0.571. The zero-order valence-corrected chi connectivity index (χ0v) is 12.2. The van der Waals surface area contributed by atoms with E-state index in [0.29, 0.717) is 12.5 Å². The summed E-state index contributed by atoms with van der Waals surface area (Å²) in [5.41, 5.74) is 0. The van der Waals surface area contributed by atoms with E-state index in [1.54, 1.807) is 0 Å². The van der Waals surface area contributed by atoms with Crippen LogP contribution >= 0.6 is 0 Å². The highest BCUT2D eigenvalue weighted by atomic mass is 32.2. The van der Waals surface area contributed by atoms with E-state index >= 15 is 0 Å². The maximum atomic E-state index is 12.8. The Morgan fingerprint density at radius 3 is 2.50 bits per heavy atom. The van der Waals surface area contributed by atoms with Gasteiger partial charge >= 0.3 is 0 Å². The summed E-state index contributed by atoms with van der Waals surface area (Å²) >= 11 is 0. The van der Waals surface area contributed by atoms with Gasteiger partial charge in [-0.3, -0.25) is 0 Å². The molecule has 0 unspecified atom stereocenters. The lowest BCUT2D eigenvalue weighted by atomic mass is 9.95. The number of halogens is 1. The monoisotopic (exact) mass is 301 g/mol. The highest BCUT2D eigenvalue weighted by Gasteiger charge is 2.15. The molecule has 2 rings (SSSR count). The molecule has 1 aromatic rings. The largest absolute Gasteiger partial charge is 0.381 e. The van der Waals surface area contributed by atoms with E-state index in [9.17, 15) is 12.8 Å². The second-order valence-corrected chi connectivity index (χ2v) is 6.82. The van der Waals surface area contributed by atoms with Gasteiger partial charge in [0.1, 0.15) is 5.82 Å². The third-order valence-corrected chi connectivity index (χ3v) is 5.02. The van der Waals surface area contributed by atoms with Crippen LogP contribution in [0.25, 0.3) is 0 Å². The molecule has 0 radical (unpaired) electrons. The van der Waals surface area contributed by atoms with Crippen LogP contribution in [-0.4, -0.2) is 28.2 Å². The number of nitrogens with one attached hydrogen (secondary N) is 1. The second-order valence-electron chi connectivity index (χ2n) is 5.05. The Hall–Kier alpha value is -0.980. The van der Waals surface area contributed by atoms with Crippen LogP contribution in [0, 0.1) is 11.7 Å². The number of hydrogen-bond acceptors (Lipinski definition) is 3. The quantitative estimate of drug-likeness (QED) is 0.820. The fourth-order valence-corrected chi connectivity index (χ4v) is 3.40. The summed E-state index contributed by atoms with van der Waals surface area (Å²) in [5, 5.41) is 0. The third-order valence-electron chi connectivity index (χ3n) is 3.55. The van der Waals surface area contributed by atoms with Crippen LogP contribution in [0.4, 0.5) is 4.39 Å². The van der Waals surface area contributed by atoms with E-state index in [1.807, 2.05) is 0 Å². The van der Waals surface area contributed by atoms with Crippen molar-refractivity contribution in [1.29, 1.82) is 0 Å². The van der Waals surface area contributed by atoms with Crippen molar-refractivity contribution < 1.29 is 17.5 Å². The molecule has 1 aliphatic heterocycles. The maximum Gasteiger partial charge on any atom is 0.240 e. The summed E-state index contributed by atoms with van der Waals surface area (Å²) in [6.45, 7) is 2.04. The molecule has 1 aliphatic rings. The smallest absolute Gasteiger partial charge is 0.240 e. The summed E-state index contributed by atoms with van der Waals surface area (Å²) in [6, 6.07) is 4.85. The van der Waals surface area contributed by atoms with Crippen LogP contribution < -0.4 is 4.72 Å². The van der Waals surface area contributed by atoms with Gasteiger partial charge in [0.2, 0.25) is 10.0 Å². The zero-order valence-electron chi connectivity index (χ0n) is 11.3. The lowest BCUT2D eigenvalue weighted by molar-refractivity contribution is 0.0634. The summed E-state index contributed by atoms with van der Waals surface area (Å²) in [5.74, 6) is 0.197. The van der Waals surface area contributed by atoms with Gasteiger partial charge in [0.05, 0.1) is 4.90 Å². The minimum atomic E-state index is -3.52. The average molecular weight is 301 g/mol. The molecule has 4 nitrogen and oxygen atoms in total. The number of ether oxygens (including phenoxy) is 1. The van der Waals surface area contributed by atoms with Gasteiger partial charge in [-0.2, -0.15) is 0 Å². The van der Waals surface area contributed by atoms with Crippen LogP contribution in [0.1, 0.15) is 25.7 Å². The number of hydrogen-bond donors (Lipinski definition) is 1. The highest BCUT2D eigenvalue weighted by molar-refractivity contribution is 7.89. The fourth-order valence-electron chi connectivity index (χ4n) is 2.33. The molecule has 0 amide bonds.